The van der Waals surface area contributed by atoms with Crippen molar-refractivity contribution >= 4 is 57.6 Å². The molecule has 2 fully saturated rings. The molecule has 23 nitrogen and oxygen atoms in total. The van der Waals surface area contributed by atoms with E-state index in [9.17, 15) is 54.0 Å². The Morgan fingerprint density at radius 2 is 1.67 bits per heavy atom. The number of aliphatic hydroxyl groups is 2. The number of ether oxygens (including phenoxy) is 4. The van der Waals surface area contributed by atoms with Gasteiger partial charge in [-0.2, -0.15) is 0 Å². The quantitative estimate of drug-likeness (QED) is 0.126. The molecule has 0 radical (unpaired) electrons. The topological polar surface area (TPSA) is 334 Å². The molecule has 6 aliphatic rings. The molecule has 5 heterocycles. The first-order valence-corrected chi connectivity index (χ1v) is 25.2. The van der Waals surface area contributed by atoms with Gasteiger partial charge in [0.15, 0.2) is 18.1 Å². The van der Waals surface area contributed by atoms with Crippen molar-refractivity contribution in [2.45, 2.75) is 103 Å². The fourth-order valence-electron chi connectivity index (χ4n) is 10.1. The first-order chi connectivity index (χ1) is 36.9. The molecule has 5 bridgehead atoms. The van der Waals surface area contributed by atoms with Crippen LogP contribution in [0.2, 0.25) is 0 Å². The minimum atomic E-state index is -2.07. The lowest BCUT2D eigenvalue weighted by atomic mass is 9.84. The number of carboxylic acid groups (broad SMARTS) is 1. The standard InChI is InChI=1S/C54H62FN7O16/c1-24-9-8-10-25(2)52(71)58-33-20-36(64)39-40(47(33)69)45(67)27(4)49-41(39)51(54(6,78-49)75-18-13-37(74-7)26(3)50(77-28(5)63)43(57)48(70)42(56)44(24)66)59-76-23-38(65)61-16-14-60(15-17-61)35-21-34-30(19-32(35)55)46(68)31(53(72)73)22-62(34)29-11-12-29/h8-10,13,18-22,24,26,29,37,42-44,48,50,66-67,70H,11-12,14-17,23,56-57H2,1-7H3,(H,58,71)(H,72,73)/b9-8+,18-13?,25-10-,59-51-/t24-,26+,37-,42+,43+,44-,48+,50+,54-/m0/s1. The number of carboxylic acids is 1. The molecular formula is C54H62FN7O16. The predicted octanol–water partition coefficient (Wildman–Crippen LogP) is 2.39. The molecule has 416 valence electrons. The van der Waals surface area contributed by atoms with Gasteiger partial charge in [0.1, 0.15) is 29.0 Å². The number of oxime groups is 1. The number of aliphatic hydroxyl groups excluding tert-OH is 2. The summed E-state index contributed by atoms with van der Waals surface area (Å²) in [6.45, 7) is 8.36. The van der Waals surface area contributed by atoms with Crippen LogP contribution in [0.4, 0.5) is 10.1 Å². The van der Waals surface area contributed by atoms with E-state index in [0.29, 0.717) is 5.52 Å². The summed E-state index contributed by atoms with van der Waals surface area (Å²) in [5, 5.41) is 50.6. The molecule has 78 heavy (non-hydrogen) atoms. The Morgan fingerprint density at radius 1 is 0.974 bits per heavy atom. The van der Waals surface area contributed by atoms with E-state index in [1.807, 2.05) is 0 Å². The largest absolute Gasteiger partial charge is 0.507 e. The van der Waals surface area contributed by atoms with Crippen LogP contribution in [0.1, 0.15) is 95.7 Å². The monoisotopic (exact) mass is 1080 g/mol. The Morgan fingerprint density at radius 3 is 2.31 bits per heavy atom. The smallest absolute Gasteiger partial charge is 0.341 e. The number of esters is 1. The Balaban J connectivity index is 1.11. The van der Waals surface area contributed by atoms with E-state index < -0.39 is 130 Å². The van der Waals surface area contributed by atoms with Gasteiger partial charge in [0.05, 0.1) is 70.2 Å². The van der Waals surface area contributed by atoms with Gasteiger partial charge >= 0.3 is 11.9 Å². The number of phenolic OH excluding ortho intramolecular Hbond substituents is 1. The Labute approximate surface area is 446 Å². The van der Waals surface area contributed by atoms with E-state index >= 15 is 4.39 Å². The lowest BCUT2D eigenvalue weighted by Gasteiger charge is -2.37. The Bertz CT molecular complexity index is 3210. The molecule has 4 aliphatic heterocycles. The minimum absolute atomic E-state index is 0.0393. The lowest BCUT2D eigenvalue weighted by Crippen LogP contribution is -2.60. The molecule has 2 aromatic carbocycles. The SMILES string of the molecule is CO[C@H]1C=CO[C@@]2(C)Oc3c(C)c(O)c4c(c3/C2=N/OCC(=O)N2CCN(c3cc5c(cc3F)c(=O)c(C(=O)O)cn5C3CC3)CC2)C(=O)C=C(NC(=O)/C(C)=C\C=C\[C@H](C)[C@H](O)[C@@H](N)[C@@H](O)[C@@H](N)[C@H](OC(C)=O)[C@@H]1C)C4=O. The molecule has 2 aliphatic carbocycles. The molecule has 9 N–H and O–H groups in total. The third-order valence-electron chi connectivity index (χ3n) is 14.8. The van der Waals surface area contributed by atoms with Crippen LogP contribution in [0.3, 0.4) is 0 Å². The van der Waals surface area contributed by atoms with Crippen LogP contribution in [0, 0.1) is 24.6 Å². The number of nitrogens with zero attached hydrogens (tertiary/aromatic N) is 4. The molecular weight excluding hydrogens is 1020 g/mol. The number of nitrogens with one attached hydrogen (secondary N) is 1. The molecule has 2 amide bonds. The average molecular weight is 1080 g/mol. The summed E-state index contributed by atoms with van der Waals surface area (Å²) in [5.41, 5.74) is 10.4. The summed E-state index contributed by atoms with van der Waals surface area (Å²) in [7, 11) is 1.34. The van der Waals surface area contributed by atoms with Gasteiger partial charge in [-0.3, -0.25) is 28.8 Å². The zero-order chi connectivity index (χ0) is 56.8. The summed E-state index contributed by atoms with van der Waals surface area (Å²) in [4.78, 5) is 102. The van der Waals surface area contributed by atoms with E-state index in [1.54, 1.807) is 23.3 Å². The second kappa shape index (κ2) is 22.3. The number of carbonyl (C=O) groups excluding carboxylic acids is 5. The van der Waals surface area contributed by atoms with E-state index in [0.717, 1.165) is 38.2 Å². The number of rotatable bonds is 8. The van der Waals surface area contributed by atoms with Gasteiger partial charge in [0, 0.05) is 93.8 Å². The number of methoxy groups -OCH3 is 1. The first kappa shape index (κ1) is 56.4. The van der Waals surface area contributed by atoms with Crippen LogP contribution in [-0.4, -0.2) is 153 Å². The van der Waals surface area contributed by atoms with E-state index in [2.05, 4.69) is 10.5 Å². The number of allylic oxidation sites excluding steroid dienone is 4. The molecule has 1 saturated heterocycles. The number of phenols is 1. The number of ketones is 2. The highest BCUT2D eigenvalue weighted by molar-refractivity contribution is 6.31. The zero-order valence-electron chi connectivity index (χ0n) is 43.9. The molecule has 24 heteroatoms. The highest BCUT2D eigenvalue weighted by atomic mass is 19.1. The van der Waals surface area contributed by atoms with Crippen molar-refractivity contribution in [3.8, 4) is 11.5 Å². The second-order valence-electron chi connectivity index (χ2n) is 20.2. The number of piperazine rings is 1. The predicted molar refractivity (Wildman–Crippen MR) is 277 cm³/mol. The molecule has 0 spiro atoms. The number of aromatic hydroxyl groups is 1. The van der Waals surface area contributed by atoms with Crippen molar-refractivity contribution in [3.05, 3.63) is 110 Å². The van der Waals surface area contributed by atoms with E-state index in [4.69, 9.17) is 35.3 Å². The van der Waals surface area contributed by atoms with Crippen LogP contribution < -0.4 is 31.8 Å². The lowest BCUT2D eigenvalue weighted by molar-refractivity contribution is -0.155. The fourth-order valence-corrected chi connectivity index (χ4v) is 10.1. The normalized spacial score (nSPS) is 28.6. The van der Waals surface area contributed by atoms with Gasteiger partial charge in [-0.1, -0.05) is 37.2 Å². The summed E-state index contributed by atoms with van der Waals surface area (Å²) < 4.78 is 41.4. The van der Waals surface area contributed by atoms with E-state index in [1.165, 1.54) is 69.3 Å². The highest BCUT2D eigenvalue weighted by Crippen LogP contribution is 2.48. The molecule has 3 aromatic rings. The zero-order valence-corrected chi connectivity index (χ0v) is 43.9. The Hall–Kier alpha value is -7.77. The van der Waals surface area contributed by atoms with Crippen LogP contribution >= 0.6 is 0 Å². The number of carbonyl (C=O) groups is 6. The number of hydrogen-bond acceptors (Lipinski definition) is 19. The molecule has 9 rings (SSSR count). The first-order valence-electron chi connectivity index (χ1n) is 25.2. The maximum Gasteiger partial charge on any atom is 0.341 e. The van der Waals surface area contributed by atoms with Crippen molar-refractivity contribution in [2.24, 2.45) is 28.5 Å². The maximum absolute atomic E-state index is 15.8. The molecule has 9 atom stereocenters. The fraction of sp³-hybridized carbons (Fsp3) is 0.444. The number of halogens is 1. The number of pyridine rings is 1. The number of Topliss-reactive ketones (excluding diaryl/α,β-unsaturated/α-hetero) is 1. The number of nitrogens with two attached hydrogens (primary N) is 2. The number of benzene rings is 2. The average Bonchev–Trinajstić information content (AvgIpc) is 4.28. The van der Waals surface area contributed by atoms with Crippen LogP contribution in [-0.2, 0) is 33.4 Å². The summed E-state index contributed by atoms with van der Waals surface area (Å²) in [5.74, 6) is -10.5. The number of fused-ring (bicyclic) bond motifs is 15. The van der Waals surface area contributed by atoms with Crippen LogP contribution in [0.15, 0.2) is 76.2 Å². The summed E-state index contributed by atoms with van der Waals surface area (Å²) in [6.07, 6.45) is 5.24. The van der Waals surface area contributed by atoms with Gasteiger partial charge in [0.2, 0.25) is 11.2 Å². The number of hydrogen-bond donors (Lipinski definition) is 7. The summed E-state index contributed by atoms with van der Waals surface area (Å²) >= 11 is 0. The van der Waals surface area contributed by atoms with Crippen molar-refractivity contribution in [2.75, 3.05) is 44.8 Å². The van der Waals surface area contributed by atoms with E-state index in [-0.39, 0.29) is 77.0 Å². The van der Waals surface area contributed by atoms with Gasteiger partial charge in [-0.15, -0.1) is 0 Å². The van der Waals surface area contributed by atoms with Crippen molar-refractivity contribution in [1.29, 1.82) is 0 Å². The van der Waals surface area contributed by atoms with Crippen LogP contribution in [0.5, 0.6) is 11.5 Å². The van der Waals surface area contributed by atoms with Gasteiger partial charge in [-0.25, -0.2) is 9.18 Å². The maximum atomic E-state index is 15.8. The number of aromatic carboxylic acids is 1. The number of anilines is 1. The minimum Gasteiger partial charge on any atom is -0.507 e. The molecule has 1 aromatic heterocycles. The number of amides is 2. The van der Waals surface area contributed by atoms with Gasteiger partial charge in [-0.05, 0) is 44.9 Å². The van der Waals surface area contributed by atoms with Crippen LogP contribution in [0.25, 0.3) is 10.9 Å². The van der Waals surface area contributed by atoms with Gasteiger partial charge < -0.3 is 75.4 Å². The Kier molecular flexibility index (Phi) is 16.1. The highest BCUT2D eigenvalue weighted by Gasteiger charge is 2.51. The van der Waals surface area contributed by atoms with Crippen molar-refractivity contribution in [3.63, 3.8) is 0 Å². The number of aromatic nitrogens is 1. The third kappa shape index (κ3) is 10.8. The summed E-state index contributed by atoms with van der Waals surface area (Å²) in [6, 6.07) is -0.229. The third-order valence-corrected chi connectivity index (χ3v) is 14.8. The molecule has 0 unspecified atom stereocenters. The molecule has 1 saturated carbocycles. The second-order valence-corrected chi connectivity index (χ2v) is 20.2. The van der Waals surface area contributed by atoms with Crippen molar-refractivity contribution in [1.82, 2.24) is 14.8 Å². The van der Waals surface area contributed by atoms with Crippen molar-refractivity contribution < 1.29 is 77.4 Å². The van der Waals surface area contributed by atoms with Gasteiger partial charge in [0.25, 0.3) is 17.6 Å².